The molecule has 12 heteroatoms. The molecule has 39 heavy (non-hydrogen) atoms. The van der Waals surface area contributed by atoms with Gasteiger partial charge >= 0.3 is 0 Å². The molecule has 0 bridgehead atoms. The minimum absolute atomic E-state index is 0.00480. The van der Waals surface area contributed by atoms with E-state index in [1.54, 1.807) is 30.3 Å². The summed E-state index contributed by atoms with van der Waals surface area (Å²) in [6.07, 6.45) is 0.387. The number of hydrogen-bond donors (Lipinski definition) is 1. The molecule has 0 unspecified atom stereocenters. The molecule has 0 fully saturated rings. The third kappa shape index (κ3) is 7.02. The second-order valence-electron chi connectivity index (χ2n) is 12.0. The monoisotopic (exact) mass is 694 g/mol. The maximum atomic E-state index is 14.2. The summed E-state index contributed by atoms with van der Waals surface area (Å²) >= 11 is 16.6. The van der Waals surface area contributed by atoms with Gasteiger partial charge in [0.15, 0.2) is 8.32 Å². The Bertz CT molecular complexity index is 1480. The predicted molar refractivity (Wildman–Crippen MR) is 170 cm³/mol. The number of rotatable bonds is 9. The van der Waals surface area contributed by atoms with Gasteiger partial charge in [-0.3, -0.25) is 0 Å². The topological polar surface area (TPSA) is 77.4 Å². The van der Waals surface area contributed by atoms with Crippen molar-refractivity contribution in [2.45, 2.75) is 81.8 Å². The van der Waals surface area contributed by atoms with Crippen molar-refractivity contribution in [3.8, 4) is 0 Å². The van der Waals surface area contributed by atoms with E-state index in [0.717, 1.165) is 0 Å². The van der Waals surface area contributed by atoms with Gasteiger partial charge in [-0.2, -0.15) is 0 Å². The summed E-state index contributed by atoms with van der Waals surface area (Å²) < 4.78 is 52.6. The first kappa shape index (κ1) is 32.8. The van der Waals surface area contributed by atoms with E-state index < -0.39 is 40.1 Å². The zero-order valence-electron chi connectivity index (χ0n) is 23.6. The van der Waals surface area contributed by atoms with Crippen LogP contribution >= 0.6 is 39.1 Å². The van der Waals surface area contributed by atoms with Gasteiger partial charge in [-0.15, -0.1) is 0 Å². The van der Waals surface area contributed by atoms with Crippen molar-refractivity contribution in [1.29, 1.82) is 0 Å². The molecule has 0 aliphatic carbocycles. The van der Waals surface area contributed by atoms with Crippen LogP contribution in [0, 0.1) is 0 Å². The molecule has 0 radical (unpaired) electrons. The van der Waals surface area contributed by atoms with Crippen molar-refractivity contribution in [3.05, 3.63) is 62.7 Å². The Labute approximate surface area is 254 Å². The van der Waals surface area contributed by atoms with E-state index in [4.69, 9.17) is 27.6 Å². The Morgan fingerprint density at radius 2 is 1.67 bits per heavy atom. The molecule has 2 atom stereocenters. The average Bonchev–Trinajstić information content (AvgIpc) is 3.23. The number of benzene rings is 2. The molecule has 3 aromatic rings. The van der Waals surface area contributed by atoms with Gasteiger partial charge in [0.25, 0.3) is 10.0 Å². The van der Waals surface area contributed by atoms with E-state index in [2.05, 4.69) is 54.5 Å². The molecule has 2 aromatic carbocycles. The fourth-order valence-corrected chi connectivity index (χ4v) is 8.35. The minimum atomic E-state index is -4.12. The Hall–Kier alpha value is -0.723. The smallest absolute Gasteiger partial charge is 0.268 e. The van der Waals surface area contributed by atoms with E-state index >= 15 is 0 Å². The van der Waals surface area contributed by atoms with Gasteiger partial charge in [0, 0.05) is 16.5 Å². The van der Waals surface area contributed by atoms with Crippen LogP contribution in [0.25, 0.3) is 10.9 Å². The molecule has 1 N–H and O–H groups in total. The van der Waals surface area contributed by atoms with E-state index in [1.165, 1.54) is 16.1 Å². The van der Waals surface area contributed by atoms with Crippen molar-refractivity contribution in [3.63, 3.8) is 0 Å². The normalized spacial score (nSPS) is 15.1. The molecule has 6 nitrogen and oxygen atoms in total. The highest BCUT2D eigenvalue weighted by molar-refractivity contribution is 9.10. The lowest BCUT2D eigenvalue weighted by Crippen LogP contribution is -2.42. The summed E-state index contributed by atoms with van der Waals surface area (Å²) in [6, 6.07) is 10.9. The first-order valence-electron chi connectivity index (χ1n) is 12.6. The van der Waals surface area contributed by atoms with Gasteiger partial charge in [0.1, 0.15) is 0 Å². The van der Waals surface area contributed by atoms with Gasteiger partial charge in [0.2, 0.25) is 0 Å². The summed E-state index contributed by atoms with van der Waals surface area (Å²) in [7, 11) is -7.70. The number of halogens is 3. The van der Waals surface area contributed by atoms with Crippen molar-refractivity contribution in [2.24, 2.45) is 0 Å². The zero-order valence-corrected chi connectivity index (χ0v) is 29.3. The number of nitrogens with one attached hydrogen (secondary N) is 1. The van der Waals surface area contributed by atoms with Crippen molar-refractivity contribution >= 4 is 79.4 Å². The highest BCUT2D eigenvalue weighted by atomic mass is 79.9. The average molecular weight is 697 g/mol. The molecule has 0 spiro atoms. The lowest BCUT2D eigenvalue weighted by atomic mass is 10.1. The summed E-state index contributed by atoms with van der Waals surface area (Å²) in [5.41, 5.74) is 0.656. The molecular formula is C27H37BrCl2N2O4S2Si. The SMILES string of the molecule is CC(C)(C)[S@@](=O)N[C@@H](CCO[Si](C)(C)C(C)(C)C)c1cc2c(Br)cc(Cl)c(Cl)c2n1S(=O)(=O)c1ccccc1. The number of aromatic nitrogens is 1. The van der Waals surface area contributed by atoms with Crippen LogP contribution in [-0.4, -0.2) is 36.3 Å². The summed E-state index contributed by atoms with van der Waals surface area (Å²) in [5.74, 6) is 0. The summed E-state index contributed by atoms with van der Waals surface area (Å²) in [5, 5.41) is 0.922. The molecule has 1 aromatic heterocycles. The van der Waals surface area contributed by atoms with Crippen LogP contribution in [-0.2, 0) is 25.4 Å². The maximum absolute atomic E-state index is 14.2. The third-order valence-corrected chi connectivity index (χ3v) is 16.4. The number of fused-ring (bicyclic) bond motifs is 1. The quantitative estimate of drug-likeness (QED) is 0.180. The Kier molecular flexibility index (Phi) is 9.98. The van der Waals surface area contributed by atoms with E-state index in [-0.39, 0.29) is 25.5 Å². The second-order valence-corrected chi connectivity index (χ2v) is 22.3. The molecule has 3 rings (SSSR count). The molecule has 0 saturated carbocycles. The Morgan fingerprint density at radius 3 is 2.21 bits per heavy atom. The molecule has 0 saturated heterocycles. The first-order valence-corrected chi connectivity index (χ1v) is 19.6. The first-order chi connectivity index (χ1) is 17.8. The summed E-state index contributed by atoms with van der Waals surface area (Å²) in [4.78, 5) is 0.101. The lowest BCUT2D eigenvalue weighted by molar-refractivity contribution is 0.268. The third-order valence-electron chi connectivity index (χ3n) is 7.03. The van der Waals surface area contributed by atoms with Crippen LogP contribution < -0.4 is 4.72 Å². The van der Waals surface area contributed by atoms with E-state index in [9.17, 15) is 12.6 Å². The molecule has 0 amide bonds. The highest BCUT2D eigenvalue weighted by Gasteiger charge is 2.38. The van der Waals surface area contributed by atoms with Gasteiger partial charge in [0.05, 0.1) is 47.9 Å². The Balaban J connectivity index is 2.26. The fourth-order valence-electron chi connectivity index (χ4n) is 3.69. The number of hydrogen-bond acceptors (Lipinski definition) is 4. The van der Waals surface area contributed by atoms with Crippen molar-refractivity contribution < 1.29 is 17.1 Å². The van der Waals surface area contributed by atoms with Crippen LogP contribution in [0.1, 0.15) is 59.7 Å². The molecular weight excluding hydrogens is 659 g/mol. The molecule has 0 aliphatic heterocycles. The van der Waals surface area contributed by atoms with Crippen LogP contribution in [0.15, 0.2) is 51.8 Å². The lowest BCUT2D eigenvalue weighted by Gasteiger charge is -2.36. The van der Waals surface area contributed by atoms with Crippen LogP contribution in [0.5, 0.6) is 0 Å². The highest BCUT2D eigenvalue weighted by Crippen LogP contribution is 2.42. The standard InChI is InChI=1S/C27H37BrCl2N2O4S2Si/c1-26(2,3)37(33)31-22(14-15-36-39(7,8)27(4,5)6)23-16-19-20(28)17-21(29)24(30)25(19)32(23)38(34,35)18-12-10-9-11-13-18/h9-13,16-17,22,31H,14-15H2,1-8H3/t22-,37+/m0/s1. The van der Waals surface area contributed by atoms with Crippen LogP contribution in [0.3, 0.4) is 0 Å². The van der Waals surface area contributed by atoms with Gasteiger partial charge < -0.3 is 4.43 Å². The van der Waals surface area contributed by atoms with Crippen molar-refractivity contribution in [2.75, 3.05) is 6.61 Å². The van der Waals surface area contributed by atoms with E-state index in [1.807, 2.05) is 20.8 Å². The van der Waals surface area contributed by atoms with Gasteiger partial charge in [-0.25, -0.2) is 21.3 Å². The second kappa shape index (κ2) is 11.9. The Morgan fingerprint density at radius 1 is 1.08 bits per heavy atom. The maximum Gasteiger partial charge on any atom is 0.268 e. The van der Waals surface area contributed by atoms with Gasteiger partial charge in [-0.1, -0.05) is 78.1 Å². The van der Waals surface area contributed by atoms with E-state index in [0.29, 0.717) is 28.6 Å². The fraction of sp³-hybridized carbons (Fsp3) is 0.481. The minimum Gasteiger partial charge on any atom is -0.417 e. The van der Waals surface area contributed by atoms with Crippen LogP contribution in [0.2, 0.25) is 28.2 Å². The predicted octanol–water partition coefficient (Wildman–Crippen LogP) is 8.45. The zero-order chi connectivity index (χ0) is 29.6. The largest absolute Gasteiger partial charge is 0.417 e. The van der Waals surface area contributed by atoms with Gasteiger partial charge in [-0.05, 0) is 69.6 Å². The van der Waals surface area contributed by atoms with Crippen LogP contribution in [0.4, 0.5) is 0 Å². The summed E-state index contributed by atoms with van der Waals surface area (Å²) in [6.45, 7) is 16.8. The molecule has 0 aliphatic rings. The van der Waals surface area contributed by atoms with Crippen molar-refractivity contribution in [1.82, 2.24) is 8.69 Å². The number of nitrogens with zero attached hydrogens (tertiary/aromatic N) is 1. The molecule has 216 valence electrons. The molecule has 1 heterocycles.